The maximum absolute atomic E-state index is 14.0. The summed E-state index contributed by atoms with van der Waals surface area (Å²) in [7, 11) is -4.24. The molecule has 1 unspecified atom stereocenters. The first-order chi connectivity index (χ1) is 18.7. The van der Waals surface area contributed by atoms with Crippen LogP contribution in [0.1, 0.15) is 39.7 Å². The number of amides is 2. The van der Waals surface area contributed by atoms with E-state index in [1.165, 1.54) is 35.2 Å². The summed E-state index contributed by atoms with van der Waals surface area (Å²) < 4.78 is 42.1. The highest BCUT2D eigenvalue weighted by atomic mass is 35.5. The number of rotatable bonds is 10. The first-order valence-electron chi connectivity index (χ1n) is 12.6. The van der Waals surface area contributed by atoms with Crippen LogP contribution in [-0.2, 0) is 26.2 Å². The number of halogens is 3. The van der Waals surface area contributed by atoms with Crippen LogP contribution >= 0.6 is 23.2 Å². The van der Waals surface area contributed by atoms with E-state index in [1.807, 2.05) is 20.8 Å². The van der Waals surface area contributed by atoms with Crippen molar-refractivity contribution in [2.75, 3.05) is 10.8 Å². The van der Waals surface area contributed by atoms with E-state index >= 15 is 0 Å². The van der Waals surface area contributed by atoms with E-state index < -0.39 is 45.8 Å². The number of nitrogens with zero attached hydrogens (tertiary/aromatic N) is 2. The lowest BCUT2D eigenvalue weighted by atomic mass is 10.1. The van der Waals surface area contributed by atoms with Gasteiger partial charge in [0.1, 0.15) is 18.4 Å². The quantitative estimate of drug-likeness (QED) is 0.304. The summed E-state index contributed by atoms with van der Waals surface area (Å²) in [6, 6.07) is 16.3. The van der Waals surface area contributed by atoms with Gasteiger partial charge in [0, 0.05) is 22.1 Å². The van der Waals surface area contributed by atoms with Gasteiger partial charge in [0.05, 0.1) is 10.6 Å². The molecule has 0 saturated heterocycles. The van der Waals surface area contributed by atoms with Gasteiger partial charge in [0.2, 0.25) is 11.8 Å². The van der Waals surface area contributed by atoms with Crippen molar-refractivity contribution in [3.8, 4) is 0 Å². The molecule has 1 atom stereocenters. The molecule has 214 valence electrons. The van der Waals surface area contributed by atoms with Gasteiger partial charge in [-0.2, -0.15) is 0 Å². The Morgan fingerprint density at radius 1 is 0.975 bits per heavy atom. The molecule has 0 bridgehead atoms. The third-order valence-electron chi connectivity index (χ3n) is 5.96. The third kappa shape index (κ3) is 7.96. The van der Waals surface area contributed by atoms with E-state index in [2.05, 4.69) is 5.32 Å². The average molecular weight is 609 g/mol. The zero-order valence-electron chi connectivity index (χ0n) is 22.7. The number of anilines is 1. The number of hydrogen-bond acceptors (Lipinski definition) is 4. The van der Waals surface area contributed by atoms with Crippen molar-refractivity contribution < 1.29 is 22.4 Å². The summed E-state index contributed by atoms with van der Waals surface area (Å²) in [5.74, 6) is -1.60. The SMILES string of the molecule is CCC(C(=O)NC(C)(C)C)N(Cc1ccc(Cl)cc1Cl)C(=O)CN(c1ccc(F)cc1)S(=O)(=O)c1ccccc1. The Hall–Kier alpha value is -3.14. The highest BCUT2D eigenvalue weighted by Gasteiger charge is 2.34. The summed E-state index contributed by atoms with van der Waals surface area (Å²) in [6.07, 6.45) is 0.251. The number of hydrogen-bond donors (Lipinski definition) is 1. The second kappa shape index (κ2) is 13.0. The second-order valence-corrected chi connectivity index (χ2v) is 12.9. The standard InChI is InChI=1S/C29H32Cl2FN3O4S/c1-5-26(28(37)33-29(2,3)4)34(18-20-11-12-21(30)17-25(20)31)27(36)19-35(23-15-13-22(32)14-16-23)40(38,39)24-9-7-6-8-10-24/h6-17,26H,5,18-19H2,1-4H3,(H,33,37). The first-order valence-corrected chi connectivity index (χ1v) is 14.8. The van der Waals surface area contributed by atoms with Gasteiger partial charge in [-0.25, -0.2) is 12.8 Å². The Morgan fingerprint density at radius 2 is 1.60 bits per heavy atom. The zero-order valence-corrected chi connectivity index (χ0v) is 25.0. The van der Waals surface area contributed by atoms with Gasteiger partial charge >= 0.3 is 0 Å². The Morgan fingerprint density at radius 3 is 2.15 bits per heavy atom. The number of benzene rings is 3. The van der Waals surface area contributed by atoms with Crippen LogP contribution in [0.25, 0.3) is 0 Å². The molecule has 40 heavy (non-hydrogen) atoms. The maximum atomic E-state index is 14.0. The number of carbonyl (C=O) groups excluding carboxylic acids is 2. The fourth-order valence-electron chi connectivity index (χ4n) is 4.06. The fraction of sp³-hybridized carbons (Fsp3) is 0.310. The molecule has 0 radical (unpaired) electrons. The largest absolute Gasteiger partial charge is 0.350 e. The fourth-order valence-corrected chi connectivity index (χ4v) is 5.97. The van der Waals surface area contributed by atoms with E-state index in [4.69, 9.17) is 23.2 Å². The molecular weight excluding hydrogens is 576 g/mol. The average Bonchev–Trinajstić information content (AvgIpc) is 2.88. The van der Waals surface area contributed by atoms with Crippen LogP contribution in [0.15, 0.2) is 77.7 Å². The van der Waals surface area contributed by atoms with Gasteiger partial charge in [-0.1, -0.05) is 54.4 Å². The van der Waals surface area contributed by atoms with Crippen LogP contribution < -0.4 is 9.62 Å². The molecule has 0 heterocycles. The van der Waals surface area contributed by atoms with Crippen LogP contribution in [0.4, 0.5) is 10.1 Å². The lowest BCUT2D eigenvalue weighted by Gasteiger charge is -2.35. The smallest absolute Gasteiger partial charge is 0.264 e. The zero-order chi connectivity index (χ0) is 29.7. The predicted octanol–water partition coefficient (Wildman–Crippen LogP) is 6.05. The molecule has 0 aliphatic heterocycles. The monoisotopic (exact) mass is 607 g/mol. The van der Waals surface area contributed by atoms with Gasteiger partial charge in [0.15, 0.2) is 0 Å². The van der Waals surface area contributed by atoms with Crippen molar-refractivity contribution in [1.82, 2.24) is 10.2 Å². The van der Waals surface area contributed by atoms with E-state index in [9.17, 15) is 22.4 Å². The molecule has 11 heteroatoms. The topological polar surface area (TPSA) is 86.8 Å². The summed E-state index contributed by atoms with van der Waals surface area (Å²) in [6.45, 7) is 6.50. The van der Waals surface area contributed by atoms with Crippen molar-refractivity contribution in [3.05, 3.63) is 94.2 Å². The number of carbonyl (C=O) groups is 2. The van der Waals surface area contributed by atoms with Crippen molar-refractivity contribution in [2.45, 2.75) is 57.1 Å². The van der Waals surface area contributed by atoms with Crippen molar-refractivity contribution in [2.24, 2.45) is 0 Å². The van der Waals surface area contributed by atoms with E-state index in [0.29, 0.717) is 15.6 Å². The van der Waals surface area contributed by atoms with Gasteiger partial charge < -0.3 is 10.2 Å². The minimum absolute atomic E-state index is 0.0445. The molecule has 0 aliphatic rings. The highest BCUT2D eigenvalue weighted by molar-refractivity contribution is 7.92. The summed E-state index contributed by atoms with van der Waals surface area (Å²) >= 11 is 12.5. The molecule has 0 fully saturated rings. The van der Waals surface area contributed by atoms with Crippen LogP contribution in [-0.4, -0.2) is 43.3 Å². The Labute approximate surface area is 244 Å². The molecular formula is C29H32Cl2FN3O4S. The lowest BCUT2D eigenvalue weighted by molar-refractivity contribution is -0.141. The Balaban J connectivity index is 2.08. The van der Waals surface area contributed by atoms with Gasteiger partial charge in [-0.05, 0) is 81.3 Å². The molecule has 0 aliphatic carbocycles. The molecule has 0 spiro atoms. The Bertz CT molecular complexity index is 1450. The predicted molar refractivity (Wildman–Crippen MR) is 156 cm³/mol. The molecule has 3 aromatic carbocycles. The van der Waals surface area contributed by atoms with E-state index in [1.54, 1.807) is 37.3 Å². The van der Waals surface area contributed by atoms with Crippen molar-refractivity contribution >= 4 is 50.7 Å². The normalized spacial score (nSPS) is 12.5. The summed E-state index contributed by atoms with van der Waals surface area (Å²) in [5, 5.41) is 3.60. The summed E-state index contributed by atoms with van der Waals surface area (Å²) in [4.78, 5) is 28.6. The van der Waals surface area contributed by atoms with E-state index in [0.717, 1.165) is 16.4 Å². The molecule has 0 saturated carbocycles. The number of nitrogens with one attached hydrogen (secondary N) is 1. The maximum Gasteiger partial charge on any atom is 0.264 e. The van der Waals surface area contributed by atoms with Crippen LogP contribution in [0.2, 0.25) is 10.0 Å². The van der Waals surface area contributed by atoms with Gasteiger partial charge in [0.25, 0.3) is 10.0 Å². The van der Waals surface area contributed by atoms with Crippen LogP contribution in [0.5, 0.6) is 0 Å². The van der Waals surface area contributed by atoms with Crippen LogP contribution in [0.3, 0.4) is 0 Å². The molecule has 3 aromatic rings. The Kier molecular flexibility index (Phi) is 10.2. The lowest BCUT2D eigenvalue weighted by Crippen LogP contribution is -2.55. The van der Waals surface area contributed by atoms with Crippen molar-refractivity contribution in [1.29, 1.82) is 0 Å². The first kappa shape index (κ1) is 31.4. The van der Waals surface area contributed by atoms with Gasteiger partial charge in [-0.15, -0.1) is 0 Å². The van der Waals surface area contributed by atoms with Crippen molar-refractivity contribution in [3.63, 3.8) is 0 Å². The third-order valence-corrected chi connectivity index (χ3v) is 8.34. The molecule has 0 aromatic heterocycles. The molecule has 3 rings (SSSR count). The minimum atomic E-state index is -4.24. The highest BCUT2D eigenvalue weighted by Crippen LogP contribution is 2.27. The molecule has 2 amide bonds. The van der Waals surface area contributed by atoms with Gasteiger partial charge in [-0.3, -0.25) is 13.9 Å². The van der Waals surface area contributed by atoms with Crippen LogP contribution in [0, 0.1) is 5.82 Å². The molecule has 7 nitrogen and oxygen atoms in total. The second-order valence-electron chi connectivity index (χ2n) is 10.2. The number of sulfonamides is 1. The molecule has 1 N–H and O–H groups in total. The van der Waals surface area contributed by atoms with E-state index in [-0.39, 0.29) is 23.5 Å². The minimum Gasteiger partial charge on any atom is -0.350 e. The summed E-state index contributed by atoms with van der Waals surface area (Å²) in [5.41, 5.74) is 0.0458.